The van der Waals surface area contributed by atoms with Crippen LogP contribution in [0.15, 0.2) is 0 Å². The smallest absolute Gasteiger partial charge is 0.220 e. The zero-order valence-electron chi connectivity index (χ0n) is 11.5. The molecule has 1 saturated carbocycles. The summed E-state index contributed by atoms with van der Waals surface area (Å²) >= 11 is 0. The van der Waals surface area contributed by atoms with Gasteiger partial charge in [0.15, 0.2) is 0 Å². The Kier molecular flexibility index (Phi) is 7.23. The maximum absolute atomic E-state index is 11.8. The Bertz CT molecular complexity index is 248. The Balaban J connectivity index is 2.23. The third kappa shape index (κ3) is 5.33. The first kappa shape index (κ1) is 15.4. The number of hydrogen-bond acceptors (Lipinski definition) is 4. The van der Waals surface area contributed by atoms with Gasteiger partial charge in [-0.25, -0.2) is 0 Å². The molecule has 1 fully saturated rings. The highest BCUT2D eigenvalue weighted by Crippen LogP contribution is 2.25. The molecular formula is C13H26N2O3. The van der Waals surface area contributed by atoms with Crippen molar-refractivity contribution in [3.8, 4) is 0 Å². The van der Waals surface area contributed by atoms with E-state index in [0.717, 1.165) is 12.8 Å². The van der Waals surface area contributed by atoms with Crippen LogP contribution in [0.25, 0.3) is 0 Å². The van der Waals surface area contributed by atoms with Crippen LogP contribution < -0.4 is 11.1 Å². The van der Waals surface area contributed by atoms with Gasteiger partial charge in [0.05, 0.1) is 12.7 Å². The average Bonchev–Trinajstić information content (AvgIpc) is 2.37. The fourth-order valence-corrected chi connectivity index (χ4v) is 2.42. The lowest BCUT2D eigenvalue weighted by molar-refractivity contribution is -0.123. The number of nitrogens with one attached hydrogen (secondary N) is 1. The molecule has 0 heterocycles. The molecule has 3 unspecified atom stereocenters. The highest BCUT2D eigenvalue weighted by atomic mass is 16.5. The summed E-state index contributed by atoms with van der Waals surface area (Å²) in [6.45, 7) is 0.977. The van der Waals surface area contributed by atoms with Gasteiger partial charge in [-0.1, -0.05) is 12.8 Å². The van der Waals surface area contributed by atoms with E-state index < -0.39 is 0 Å². The number of nitrogens with two attached hydrogens (primary N) is 1. The van der Waals surface area contributed by atoms with Gasteiger partial charge in [0.25, 0.3) is 0 Å². The summed E-state index contributed by atoms with van der Waals surface area (Å²) in [6.07, 6.45) is 4.95. The van der Waals surface area contributed by atoms with Crippen LogP contribution in [0.4, 0.5) is 0 Å². The van der Waals surface area contributed by atoms with Gasteiger partial charge in [0, 0.05) is 33.2 Å². The predicted molar refractivity (Wildman–Crippen MR) is 70.2 cm³/mol. The van der Waals surface area contributed by atoms with Crippen LogP contribution in [0.5, 0.6) is 0 Å². The molecule has 106 valence electrons. The van der Waals surface area contributed by atoms with Crippen LogP contribution in [-0.2, 0) is 14.3 Å². The summed E-state index contributed by atoms with van der Waals surface area (Å²) in [5, 5.41) is 2.89. The molecule has 18 heavy (non-hydrogen) atoms. The number of ether oxygens (including phenoxy) is 2. The van der Waals surface area contributed by atoms with E-state index in [2.05, 4.69) is 5.32 Å². The molecule has 0 spiro atoms. The normalized spacial score (nSPS) is 25.7. The summed E-state index contributed by atoms with van der Waals surface area (Å²) in [6, 6.07) is 0.182. The van der Waals surface area contributed by atoms with Crippen molar-refractivity contribution in [1.29, 1.82) is 0 Å². The molecule has 0 aliphatic heterocycles. The lowest BCUT2D eigenvalue weighted by Gasteiger charge is -2.28. The van der Waals surface area contributed by atoms with Crippen LogP contribution in [0.2, 0.25) is 0 Å². The van der Waals surface area contributed by atoms with E-state index in [0.29, 0.717) is 25.5 Å². The van der Waals surface area contributed by atoms with Crippen molar-refractivity contribution < 1.29 is 14.3 Å². The Hall–Kier alpha value is -0.650. The zero-order chi connectivity index (χ0) is 13.4. The van der Waals surface area contributed by atoms with Gasteiger partial charge in [0.2, 0.25) is 5.91 Å². The monoisotopic (exact) mass is 258 g/mol. The number of carbonyl (C=O) groups is 1. The minimum atomic E-state index is -0.0843. The van der Waals surface area contributed by atoms with E-state index in [9.17, 15) is 4.79 Å². The van der Waals surface area contributed by atoms with E-state index in [1.807, 2.05) is 0 Å². The van der Waals surface area contributed by atoms with Crippen molar-refractivity contribution in [1.82, 2.24) is 5.32 Å². The van der Waals surface area contributed by atoms with Gasteiger partial charge in [-0.05, 0) is 18.8 Å². The predicted octanol–water partition coefficient (Wildman–Crippen LogP) is 0.672. The molecule has 1 aliphatic rings. The second-order valence-corrected chi connectivity index (χ2v) is 5.03. The van der Waals surface area contributed by atoms with Crippen LogP contribution in [0.1, 0.15) is 32.1 Å². The van der Waals surface area contributed by atoms with Crippen LogP contribution in [0.3, 0.4) is 0 Å². The number of carbonyl (C=O) groups excluding carboxylic acids is 1. The maximum Gasteiger partial charge on any atom is 0.220 e. The summed E-state index contributed by atoms with van der Waals surface area (Å²) in [5.74, 6) is 0.401. The molecule has 5 nitrogen and oxygen atoms in total. The van der Waals surface area contributed by atoms with Crippen LogP contribution >= 0.6 is 0 Å². The van der Waals surface area contributed by atoms with Gasteiger partial charge in [0.1, 0.15) is 0 Å². The van der Waals surface area contributed by atoms with Gasteiger partial charge in [-0.15, -0.1) is 0 Å². The number of hydrogen-bond donors (Lipinski definition) is 2. The van der Waals surface area contributed by atoms with Crippen LogP contribution in [-0.4, -0.2) is 45.4 Å². The molecule has 0 saturated heterocycles. The summed E-state index contributed by atoms with van der Waals surface area (Å²) < 4.78 is 10.2. The summed E-state index contributed by atoms with van der Waals surface area (Å²) in [5.41, 5.74) is 6.03. The fourth-order valence-electron chi connectivity index (χ4n) is 2.42. The van der Waals surface area contributed by atoms with Gasteiger partial charge in [-0.3, -0.25) is 4.79 Å². The average molecular weight is 258 g/mol. The second kappa shape index (κ2) is 8.45. The largest absolute Gasteiger partial charge is 0.382 e. The summed E-state index contributed by atoms with van der Waals surface area (Å²) in [4.78, 5) is 11.8. The number of methoxy groups -OCH3 is 2. The Morgan fingerprint density at radius 2 is 2.11 bits per heavy atom. The van der Waals surface area contributed by atoms with Crippen molar-refractivity contribution in [3.05, 3.63) is 0 Å². The van der Waals surface area contributed by atoms with E-state index in [1.54, 1.807) is 14.2 Å². The van der Waals surface area contributed by atoms with Gasteiger partial charge >= 0.3 is 0 Å². The molecule has 1 rings (SSSR count). The Morgan fingerprint density at radius 1 is 1.39 bits per heavy atom. The third-order valence-electron chi connectivity index (χ3n) is 3.63. The minimum Gasteiger partial charge on any atom is -0.382 e. The first-order chi connectivity index (χ1) is 8.67. The van der Waals surface area contributed by atoms with E-state index in [1.165, 1.54) is 12.8 Å². The number of amides is 1. The molecular weight excluding hydrogens is 232 g/mol. The molecule has 1 amide bonds. The van der Waals surface area contributed by atoms with Crippen molar-refractivity contribution in [2.24, 2.45) is 11.7 Å². The lowest BCUT2D eigenvalue weighted by atomic mass is 9.83. The van der Waals surface area contributed by atoms with Gasteiger partial charge in [-0.2, -0.15) is 0 Å². The van der Waals surface area contributed by atoms with Crippen molar-refractivity contribution in [2.45, 2.75) is 44.2 Å². The van der Waals surface area contributed by atoms with Crippen molar-refractivity contribution in [2.75, 3.05) is 27.4 Å². The van der Waals surface area contributed by atoms with E-state index in [-0.39, 0.29) is 18.1 Å². The SMILES string of the molecule is COCC(CNC(=O)CC1CCCCC1N)OC. The molecule has 3 atom stereocenters. The molecule has 0 aromatic heterocycles. The Labute approximate surface area is 109 Å². The molecule has 0 aromatic carbocycles. The zero-order valence-corrected chi connectivity index (χ0v) is 11.5. The molecule has 0 radical (unpaired) electrons. The van der Waals surface area contributed by atoms with Crippen molar-refractivity contribution >= 4 is 5.91 Å². The standard InChI is InChI=1S/C13H26N2O3/c1-17-9-11(18-2)8-15-13(16)7-10-5-3-4-6-12(10)14/h10-12H,3-9,14H2,1-2H3,(H,15,16). The topological polar surface area (TPSA) is 73.6 Å². The van der Waals surface area contributed by atoms with E-state index >= 15 is 0 Å². The quantitative estimate of drug-likeness (QED) is 0.704. The van der Waals surface area contributed by atoms with E-state index in [4.69, 9.17) is 15.2 Å². The number of rotatable bonds is 7. The highest BCUT2D eigenvalue weighted by Gasteiger charge is 2.24. The highest BCUT2D eigenvalue weighted by molar-refractivity contribution is 5.76. The molecule has 1 aliphatic carbocycles. The molecule has 3 N–H and O–H groups in total. The van der Waals surface area contributed by atoms with Crippen molar-refractivity contribution in [3.63, 3.8) is 0 Å². The van der Waals surface area contributed by atoms with Crippen LogP contribution in [0, 0.1) is 5.92 Å². The first-order valence-corrected chi connectivity index (χ1v) is 6.71. The van der Waals surface area contributed by atoms with Gasteiger partial charge < -0.3 is 20.5 Å². The summed E-state index contributed by atoms with van der Waals surface area (Å²) in [7, 11) is 3.24. The minimum absolute atomic E-state index is 0.0653. The molecule has 0 aromatic rings. The second-order valence-electron chi connectivity index (χ2n) is 5.03. The Morgan fingerprint density at radius 3 is 2.72 bits per heavy atom. The fraction of sp³-hybridized carbons (Fsp3) is 0.923. The first-order valence-electron chi connectivity index (χ1n) is 6.71. The lowest BCUT2D eigenvalue weighted by Crippen LogP contribution is -2.40. The molecule has 5 heteroatoms. The molecule has 0 bridgehead atoms. The maximum atomic E-state index is 11.8. The third-order valence-corrected chi connectivity index (χ3v) is 3.63.